The van der Waals surface area contributed by atoms with Crippen LogP contribution in [-0.4, -0.2) is 25.8 Å². The summed E-state index contributed by atoms with van der Waals surface area (Å²) in [7, 11) is 0. The molecular formula is C14H20BrNO. The van der Waals surface area contributed by atoms with E-state index < -0.39 is 0 Å². The molecule has 0 amide bonds. The molecule has 0 aliphatic carbocycles. The van der Waals surface area contributed by atoms with Crippen molar-refractivity contribution in [2.45, 2.75) is 31.6 Å². The Hall–Kier alpha value is -0.540. The molecule has 1 atom stereocenters. The minimum absolute atomic E-state index is 0.525. The third-order valence-corrected chi connectivity index (χ3v) is 4.07. The van der Waals surface area contributed by atoms with Gasteiger partial charge in [0.15, 0.2) is 0 Å². The van der Waals surface area contributed by atoms with Crippen molar-refractivity contribution in [1.82, 2.24) is 0 Å². The van der Waals surface area contributed by atoms with Crippen molar-refractivity contribution < 1.29 is 4.74 Å². The van der Waals surface area contributed by atoms with Gasteiger partial charge in [-0.1, -0.05) is 35.0 Å². The van der Waals surface area contributed by atoms with E-state index >= 15 is 0 Å². The molecule has 2 nitrogen and oxygen atoms in total. The van der Waals surface area contributed by atoms with E-state index in [2.05, 4.69) is 52.9 Å². The van der Waals surface area contributed by atoms with Gasteiger partial charge in [-0.3, -0.25) is 0 Å². The topological polar surface area (TPSA) is 12.5 Å². The molecule has 0 aromatic heterocycles. The number of alkyl halides is 1. The maximum Gasteiger partial charge on any atom is 0.0670 e. The molecule has 2 rings (SSSR count). The second-order valence-corrected chi connectivity index (χ2v) is 5.15. The van der Waals surface area contributed by atoms with Gasteiger partial charge in [-0.2, -0.15) is 0 Å². The lowest BCUT2D eigenvalue weighted by Crippen LogP contribution is -2.45. The first kappa shape index (κ1) is 12.9. The molecule has 1 fully saturated rings. The zero-order valence-electron chi connectivity index (χ0n) is 10.6. The Balaban J connectivity index is 2.25. The molecule has 1 aliphatic rings. The maximum atomic E-state index is 5.56. The van der Waals surface area contributed by atoms with Crippen LogP contribution >= 0.6 is 15.9 Å². The SMILES string of the molecule is CCC1COCCN1c1ccc(CBr)cc1C. The Bertz CT molecular complexity index is 380. The zero-order valence-corrected chi connectivity index (χ0v) is 12.2. The highest BCUT2D eigenvalue weighted by molar-refractivity contribution is 9.08. The van der Waals surface area contributed by atoms with Crippen molar-refractivity contribution in [1.29, 1.82) is 0 Å². The summed E-state index contributed by atoms with van der Waals surface area (Å²) in [6.45, 7) is 7.14. The van der Waals surface area contributed by atoms with Crippen molar-refractivity contribution in [2.75, 3.05) is 24.7 Å². The van der Waals surface area contributed by atoms with Crippen LogP contribution in [0.1, 0.15) is 24.5 Å². The summed E-state index contributed by atoms with van der Waals surface area (Å²) in [6.07, 6.45) is 1.14. The molecule has 0 N–H and O–H groups in total. The molecule has 3 heteroatoms. The highest BCUT2D eigenvalue weighted by Crippen LogP contribution is 2.26. The van der Waals surface area contributed by atoms with Gasteiger partial charge < -0.3 is 9.64 Å². The summed E-state index contributed by atoms with van der Waals surface area (Å²) in [5.74, 6) is 0. The van der Waals surface area contributed by atoms with Crippen molar-refractivity contribution >= 4 is 21.6 Å². The van der Waals surface area contributed by atoms with Gasteiger partial charge >= 0.3 is 0 Å². The van der Waals surface area contributed by atoms with E-state index in [0.717, 1.165) is 31.5 Å². The van der Waals surface area contributed by atoms with E-state index in [-0.39, 0.29) is 0 Å². The summed E-state index contributed by atoms with van der Waals surface area (Å²) in [5.41, 5.74) is 4.07. The number of morpholine rings is 1. The van der Waals surface area contributed by atoms with E-state index in [0.29, 0.717) is 6.04 Å². The average Bonchev–Trinajstić information content (AvgIpc) is 2.38. The van der Waals surface area contributed by atoms with Crippen LogP contribution in [0.4, 0.5) is 5.69 Å². The van der Waals surface area contributed by atoms with Crippen LogP contribution < -0.4 is 4.90 Å². The Morgan fingerprint density at radius 1 is 1.47 bits per heavy atom. The number of ether oxygens (including phenoxy) is 1. The average molecular weight is 298 g/mol. The third kappa shape index (κ3) is 2.83. The monoisotopic (exact) mass is 297 g/mol. The predicted molar refractivity (Wildman–Crippen MR) is 76.1 cm³/mol. The molecule has 94 valence electrons. The van der Waals surface area contributed by atoms with Crippen molar-refractivity contribution in [2.24, 2.45) is 0 Å². The lowest BCUT2D eigenvalue weighted by atomic mass is 10.1. The zero-order chi connectivity index (χ0) is 12.3. The summed E-state index contributed by atoms with van der Waals surface area (Å²) in [4.78, 5) is 2.50. The lowest BCUT2D eigenvalue weighted by molar-refractivity contribution is 0.0929. The normalized spacial score (nSPS) is 20.6. The Morgan fingerprint density at radius 3 is 2.94 bits per heavy atom. The molecule has 1 aliphatic heterocycles. The quantitative estimate of drug-likeness (QED) is 0.792. The number of rotatable bonds is 3. The first-order valence-electron chi connectivity index (χ1n) is 6.26. The van der Waals surface area contributed by atoms with Crippen LogP contribution in [0.2, 0.25) is 0 Å². The van der Waals surface area contributed by atoms with Crippen LogP contribution in [0.25, 0.3) is 0 Å². The van der Waals surface area contributed by atoms with E-state index in [1.807, 2.05) is 0 Å². The van der Waals surface area contributed by atoms with Gasteiger partial charge in [-0.05, 0) is 30.5 Å². The van der Waals surface area contributed by atoms with Gasteiger partial charge in [0, 0.05) is 17.6 Å². The van der Waals surface area contributed by atoms with Crippen LogP contribution in [-0.2, 0) is 10.1 Å². The fourth-order valence-electron chi connectivity index (χ4n) is 2.43. The summed E-state index contributed by atoms with van der Waals surface area (Å²) in [5, 5.41) is 0.925. The lowest BCUT2D eigenvalue weighted by Gasteiger charge is -2.38. The van der Waals surface area contributed by atoms with Gasteiger partial charge in [0.2, 0.25) is 0 Å². The molecule has 1 aromatic rings. The number of nitrogens with zero attached hydrogens (tertiary/aromatic N) is 1. The van der Waals surface area contributed by atoms with Crippen LogP contribution in [0.3, 0.4) is 0 Å². The molecule has 1 aromatic carbocycles. The molecule has 1 unspecified atom stereocenters. The minimum atomic E-state index is 0.525. The highest BCUT2D eigenvalue weighted by atomic mass is 79.9. The first-order valence-corrected chi connectivity index (χ1v) is 7.38. The Morgan fingerprint density at radius 2 is 2.29 bits per heavy atom. The van der Waals surface area contributed by atoms with E-state index in [4.69, 9.17) is 4.74 Å². The molecule has 1 heterocycles. The number of hydrogen-bond donors (Lipinski definition) is 0. The van der Waals surface area contributed by atoms with Crippen molar-refractivity contribution in [3.63, 3.8) is 0 Å². The van der Waals surface area contributed by atoms with E-state index in [1.165, 1.54) is 16.8 Å². The number of halogens is 1. The van der Waals surface area contributed by atoms with Crippen LogP contribution in [0.15, 0.2) is 18.2 Å². The van der Waals surface area contributed by atoms with Crippen LogP contribution in [0, 0.1) is 6.92 Å². The summed E-state index contributed by atoms with van der Waals surface area (Å²) in [6, 6.07) is 7.25. The van der Waals surface area contributed by atoms with Crippen molar-refractivity contribution in [3.05, 3.63) is 29.3 Å². The van der Waals surface area contributed by atoms with Gasteiger partial charge in [-0.25, -0.2) is 0 Å². The molecular weight excluding hydrogens is 278 g/mol. The third-order valence-electron chi connectivity index (χ3n) is 3.42. The molecule has 0 spiro atoms. The fraction of sp³-hybridized carbons (Fsp3) is 0.571. The van der Waals surface area contributed by atoms with Gasteiger partial charge in [-0.15, -0.1) is 0 Å². The second kappa shape index (κ2) is 5.87. The van der Waals surface area contributed by atoms with Gasteiger partial charge in [0.05, 0.1) is 19.3 Å². The number of hydrogen-bond acceptors (Lipinski definition) is 2. The predicted octanol–water partition coefficient (Wildman–Crippen LogP) is 3.51. The van der Waals surface area contributed by atoms with Crippen LogP contribution in [0.5, 0.6) is 0 Å². The molecule has 1 saturated heterocycles. The fourth-order valence-corrected chi connectivity index (χ4v) is 2.78. The molecule has 0 radical (unpaired) electrons. The molecule has 17 heavy (non-hydrogen) atoms. The number of anilines is 1. The summed E-state index contributed by atoms with van der Waals surface area (Å²) >= 11 is 3.50. The van der Waals surface area contributed by atoms with E-state index in [1.54, 1.807) is 0 Å². The second-order valence-electron chi connectivity index (χ2n) is 4.58. The minimum Gasteiger partial charge on any atom is -0.377 e. The van der Waals surface area contributed by atoms with Gasteiger partial charge in [0.25, 0.3) is 0 Å². The Labute approximate surface area is 112 Å². The number of aryl methyl sites for hydroxylation is 1. The molecule has 0 saturated carbocycles. The first-order chi connectivity index (χ1) is 8.26. The summed E-state index contributed by atoms with van der Waals surface area (Å²) < 4.78 is 5.56. The highest BCUT2D eigenvalue weighted by Gasteiger charge is 2.22. The van der Waals surface area contributed by atoms with E-state index in [9.17, 15) is 0 Å². The maximum absolute atomic E-state index is 5.56. The number of benzene rings is 1. The Kier molecular flexibility index (Phi) is 4.46. The largest absolute Gasteiger partial charge is 0.377 e. The van der Waals surface area contributed by atoms with Crippen molar-refractivity contribution in [3.8, 4) is 0 Å². The molecule has 0 bridgehead atoms. The van der Waals surface area contributed by atoms with Gasteiger partial charge in [0.1, 0.15) is 0 Å². The smallest absolute Gasteiger partial charge is 0.0670 e. The standard InChI is InChI=1S/C14H20BrNO/c1-3-13-10-17-7-6-16(13)14-5-4-12(9-15)8-11(14)2/h4-5,8,13H,3,6-7,9-10H2,1-2H3.